The van der Waals surface area contributed by atoms with E-state index in [1.165, 1.54) is 0 Å². The van der Waals surface area contributed by atoms with Gasteiger partial charge in [-0.15, -0.1) is 0 Å². The lowest BCUT2D eigenvalue weighted by Crippen LogP contribution is -2.30. The minimum absolute atomic E-state index is 0.0181. The van der Waals surface area contributed by atoms with E-state index in [-0.39, 0.29) is 36.1 Å². The summed E-state index contributed by atoms with van der Waals surface area (Å²) in [7, 11) is 0. The number of carbonyl (C=O) groups excluding carboxylic acids is 1. The Labute approximate surface area is 139 Å². The van der Waals surface area contributed by atoms with E-state index in [2.05, 4.69) is 0 Å². The van der Waals surface area contributed by atoms with Crippen LogP contribution >= 0.6 is 0 Å². The fourth-order valence-electron chi connectivity index (χ4n) is 3.23. The van der Waals surface area contributed by atoms with Crippen molar-refractivity contribution >= 4 is 5.91 Å². The van der Waals surface area contributed by atoms with Crippen molar-refractivity contribution < 1.29 is 18.7 Å². The van der Waals surface area contributed by atoms with Gasteiger partial charge in [-0.3, -0.25) is 4.79 Å². The van der Waals surface area contributed by atoms with Gasteiger partial charge in [0, 0.05) is 13.0 Å². The third-order valence-electron chi connectivity index (χ3n) is 4.47. The number of hydrogen-bond donors (Lipinski definition) is 1. The summed E-state index contributed by atoms with van der Waals surface area (Å²) in [5.74, 6) is -0.854. The first-order valence-electron chi connectivity index (χ1n) is 8.07. The van der Waals surface area contributed by atoms with Crippen LogP contribution in [0.1, 0.15) is 36.4 Å². The number of aromatic hydroxyl groups is 1. The number of likely N-dealkylation sites (tertiary alicyclic amines) is 1. The second-order valence-corrected chi connectivity index (χ2v) is 6.07. The zero-order valence-electron chi connectivity index (χ0n) is 13.2. The molecule has 2 aromatic carbocycles. The summed E-state index contributed by atoms with van der Waals surface area (Å²) in [4.78, 5) is 14.3. The van der Waals surface area contributed by atoms with Gasteiger partial charge in [-0.1, -0.05) is 12.1 Å². The van der Waals surface area contributed by atoms with Gasteiger partial charge in [0.2, 0.25) is 5.91 Å². The molecule has 0 bridgehead atoms. The summed E-state index contributed by atoms with van der Waals surface area (Å²) in [6, 6.07) is 10.1. The van der Waals surface area contributed by atoms with E-state index in [9.17, 15) is 18.7 Å². The van der Waals surface area contributed by atoms with Crippen molar-refractivity contribution in [2.75, 3.05) is 6.54 Å². The third kappa shape index (κ3) is 3.55. The number of aryl methyl sites for hydroxylation is 1. The molecule has 1 fully saturated rings. The quantitative estimate of drug-likeness (QED) is 0.921. The highest BCUT2D eigenvalue weighted by molar-refractivity contribution is 5.77. The molecule has 0 saturated carbocycles. The van der Waals surface area contributed by atoms with Gasteiger partial charge in [-0.05, 0) is 60.7 Å². The molecule has 0 spiro atoms. The fourth-order valence-corrected chi connectivity index (χ4v) is 3.23. The summed E-state index contributed by atoms with van der Waals surface area (Å²) in [6.45, 7) is 0.663. The highest BCUT2D eigenvalue weighted by Gasteiger charge is 2.29. The standard InChI is InChI=1S/C19H19F2NO2/c20-15-6-9-17(21)14(12-15)5-10-19(24)22-11-1-2-18(22)13-3-7-16(23)8-4-13/h3-4,6-9,12,18,23H,1-2,5,10-11H2/t18-/m0/s1. The molecule has 2 aromatic rings. The van der Waals surface area contributed by atoms with Crippen molar-refractivity contribution in [3.63, 3.8) is 0 Å². The van der Waals surface area contributed by atoms with Crippen molar-refractivity contribution in [3.05, 3.63) is 65.2 Å². The molecule has 0 aliphatic carbocycles. The molecule has 0 aromatic heterocycles. The van der Waals surface area contributed by atoms with E-state index in [0.29, 0.717) is 6.54 Å². The maximum Gasteiger partial charge on any atom is 0.223 e. The lowest BCUT2D eigenvalue weighted by molar-refractivity contribution is -0.132. The molecule has 0 radical (unpaired) electrons. The van der Waals surface area contributed by atoms with E-state index >= 15 is 0 Å². The van der Waals surface area contributed by atoms with E-state index in [4.69, 9.17) is 0 Å². The van der Waals surface area contributed by atoms with Crippen LogP contribution in [0.25, 0.3) is 0 Å². The first-order valence-corrected chi connectivity index (χ1v) is 8.07. The molecule has 1 N–H and O–H groups in total. The predicted octanol–water partition coefficient (Wildman–Crippen LogP) is 3.97. The molecular weight excluding hydrogens is 312 g/mol. The van der Waals surface area contributed by atoms with Crippen molar-refractivity contribution in [3.8, 4) is 5.75 Å². The average Bonchev–Trinajstić information content (AvgIpc) is 3.06. The van der Waals surface area contributed by atoms with E-state index in [1.807, 2.05) is 12.1 Å². The molecule has 5 heteroatoms. The number of benzene rings is 2. The van der Waals surface area contributed by atoms with Crippen LogP contribution in [0.2, 0.25) is 0 Å². The summed E-state index contributed by atoms with van der Waals surface area (Å²) < 4.78 is 26.9. The second-order valence-electron chi connectivity index (χ2n) is 6.07. The monoisotopic (exact) mass is 331 g/mol. The summed E-state index contributed by atoms with van der Waals surface area (Å²) in [6.07, 6.45) is 2.10. The molecular formula is C19H19F2NO2. The topological polar surface area (TPSA) is 40.5 Å². The van der Waals surface area contributed by atoms with Gasteiger partial charge < -0.3 is 10.0 Å². The van der Waals surface area contributed by atoms with E-state index in [0.717, 1.165) is 36.6 Å². The van der Waals surface area contributed by atoms with Crippen LogP contribution < -0.4 is 0 Å². The van der Waals surface area contributed by atoms with Crippen LogP contribution in [0.3, 0.4) is 0 Å². The molecule has 1 saturated heterocycles. The molecule has 0 unspecified atom stereocenters. The normalized spacial score (nSPS) is 17.2. The Hall–Kier alpha value is -2.43. The highest BCUT2D eigenvalue weighted by atomic mass is 19.1. The smallest absolute Gasteiger partial charge is 0.223 e. The molecule has 126 valence electrons. The molecule has 1 atom stereocenters. The first-order chi connectivity index (χ1) is 11.5. The van der Waals surface area contributed by atoms with Crippen molar-refractivity contribution in [2.24, 2.45) is 0 Å². The first kappa shape index (κ1) is 16.4. The summed E-state index contributed by atoms with van der Waals surface area (Å²) in [5.41, 5.74) is 1.21. The minimum Gasteiger partial charge on any atom is -0.508 e. The SMILES string of the molecule is O=C(CCc1cc(F)ccc1F)N1CCC[C@H]1c1ccc(O)cc1. The maximum absolute atomic E-state index is 13.7. The molecule has 3 rings (SSSR count). The van der Waals surface area contributed by atoms with Crippen molar-refractivity contribution in [1.82, 2.24) is 4.90 Å². The molecule has 1 aliphatic heterocycles. The Morgan fingerprint density at radius 2 is 1.92 bits per heavy atom. The number of hydrogen-bond acceptors (Lipinski definition) is 2. The highest BCUT2D eigenvalue weighted by Crippen LogP contribution is 2.33. The fraction of sp³-hybridized carbons (Fsp3) is 0.316. The molecule has 1 aliphatic rings. The number of amides is 1. The van der Waals surface area contributed by atoms with Gasteiger partial charge in [0.25, 0.3) is 0 Å². The third-order valence-corrected chi connectivity index (χ3v) is 4.47. The Morgan fingerprint density at radius 1 is 1.17 bits per heavy atom. The van der Waals surface area contributed by atoms with Gasteiger partial charge in [-0.2, -0.15) is 0 Å². The number of phenolic OH excluding ortho intramolecular Hbond substituents is 1. The van der Waals surface area contributed by atoms with Crippen LogP contribution in [-0.4, -0.2) is 22.5 Å². The number of halogens is 2. The van der Waals surface area contributed by atoms with Crippen LogP contribution in [0, 0.1) is 11.6 Å². The van der Waals surface area contributed by atoms with Crippen molar-refractivity contribution in [2.45, 2.75) is 31.7 Å². The lowest BCUT2D eigenvalue weighted by Gasteiger charge is -2.25. The van der Waals surface area contributed by atoms with Crippen LogP contribution in [-0.2, 0) is 11.2 Å². The van der Waals surface area contributed by atoms with Crippen LogP contribution in [0.5, 0.6) is 5.75 Å². The Morgan fingerprint density at radius 3 is 2.67 bits per heavy atom. The summed E-state index contributed by atoms with van der Waals surface area (Å²) in [5, 5.41) is 9.39. The Balaban J connectivity index is 1.67. The largest absolute Gasteiger partial charge is 0.508 e. The van der Waals surface area contributed by atoms with Crippen LogP contribution in [0.4, 0.5) is 8.78 Å². The number of phenols is 1. The predicted molar refractivity (Wildman–Crippen MR) is 86.5 cm³/mol. The number of carbonyl (C=O) groups is 1. The van der Waals surface area contributed by atoms with Crippen molar-refractivity contribution in [1.29, 1.82) is 0 Å². The lowest BCUT2D eigenvalue weighted by atomic mass is 10.0. The zero-order valence-corrected chi connectivity index (χ0v) is 13.2. The Bertz CT molecular complexity index is 731. The number of rotatable bonds is 4. The molecule has 1 heterocycles. The molecule has 3 nitrogen and oxygen atoms in total. The molecule has 1 amide bonds. The minimum atomic E-state index is -0.498. The second kappa shape index (κ2) is 6.99. The zero-order chi connectivity index (χ0) is 17.1. The average molecular weight is 331 g/mol. The maximum atomic E-state index is 13.7. The molecule has 24 heavy (non-hydrogen) atoms. The van der Waals surface area contributed by atoms with E-state index < -0.39 is 11.6 Å². The number of nitrogens with zero attached hydrogens (tertiary/aromatic N) is 1. The van der Waals surface area contributed by atoms with Gasteiger partial charge in [-0.25, -0.2) is 8.78 Å². The summed E-state index contributed by atoms with van der Waals surface area (Å²) >= 11 is 0. The van der Waals surface area contributed by atoms with E-state index in [1.54, 1.807) is 17.0 Å². The van der Waals surface area contributed by atoms with Gasteiger partial charge >= 0.3 is 0 Å². The Kier molecular flexibility index (Phi) is 4.79. The van der Waals surface area contributed by atoms with Crippen LogP contribution in [0.15, 0.2) is 42.5 Å². The van der Waals surface area contributed by atoms with Gasteiger partial charge in [0.05, 0.1) is 6.04 Å². The van der Waals surface area contributed by atoms with Gasteiger partial charge in [0.15, 0.2) is 0 Å². The van der Waals surface area contributed by atoms with Gasteiger partial charge in [0.1, 0.15) is 17.4 Å².